The number of hydrogen-bond acceptors (Lipinski definition) is 1. The van der Waals surface area contributed by atoms with Gasteiger partial charge in [0.2, 0.25) is 5.82 Å². The molecule has 0 aromatic heterocycles. The molecule has 0 fully saturated rings. The van der Waals surface area contributed by atoms with E-state index in [2.05, 4.69) is 19.2 Å². The van der Waals surface area contributed by atoms with Crippen LogP contribution in [0.3, 0.4) is 0 Å². The summed E-state index contributed by atoms with van der Waals surface area (Å²) in [5.41, 5.74) is -2.95. The predicted molar refractivity (Wildman–Crippen MR) is 113 cm³/mol. The van der Waals surface area contributed by atoms with Gasteiger partial charge in [-0.1, -0.05) is 52.4 Å². The van der Waals surface area contributed by atoms with Gasteiger partial charge in [-0.3, -0.25) is 0 Å². The van der Waals surface area contributed by atoms with Crippen molar-refractivity contribution in [3.05, 3.63) is 58.7 Å². The van der Waals surface area contributed by atoms with E-state index in [9.17, 15) is 35.1 Å². The molecule has 0 bridgehead atoms. The van der Waals surface area contributed by atoms with Crippen molar-refractivity contribution in [1.29, 1.82) is 0 Å². The minimum atomic E-state index is -2.44. The molecule has 0 unspecified atom stereocenters. The first kappa shape index (κ1) is 28.9. The summed E-state index contributed by atoms with van der Waals surface area (Å²) in [6, 6.07) is 0.665. The highest BCUT2D eigenvalue weighted by Gasteiger charge is 2.29. The van der Waals surface area contributed by atoms with Gasteiger partial charge in [0.15, 0.2) is 40.7 Å². The predicted octanol–water partition coefficient (Wildman–Crippen LogP) is 8.20. The Hall–Kier alpha value is -2.16. The number of benzene rings is 2. The van der Waals surface area contributed by atoms with Crippen LogP contribution < -0.4 is 5.32 Å². The molecule has 0 saturated carbocycles. The van der Waals surface area contributed by atoms with Crippen LogP contribution in [0.5, 0.6) is 0 Å². The lowest BCUT2D eigenvalue weighted by Gasteiger charge is -2.09. The highest BCUT2D eigenvalue weighted by atomic mass is 19.2. The fourth-order valence-electron chi connectivity index (χ4n) is 3.07. The number of rotatable bonds is 11. The van der Waals surface area contributed by atoms with Crippen LogP contribution in [0.2, 0.25) is 0 Å². The second-order valence-corrected chi connectivity index (χ2v) is 7.54. The van der Waals surface area contributed by atoms with Crippen LogP contribution in [0.1, 0.15) is 65.2 Å². The summed E-state index contributed by atoms with van der Waals surface area (Å²) >= 11 is 0. The minimum Gasteiger partial charge on any atom is -0.317 e. The second-order valence-electron chi connectivity index (χ2n) is 7.54. The van der Waals surface area contributed by atoms with E-state index in [0.717, 1.165) is 0 Å². The maximum atomic E-state index is 13.4. The summed E-state index contributed by atoms with van der Waals surface area (Å²) in [5.74, 6) is -17.6. The highest BCUT2D eigenvalue weighted by Crippen LogP contribution is 2.34. The fraction of sp³-hybridized carbons (Fsp3) is 0.500. The number of hydrogen-bond donors (Lipinski definition) is 1. The Labute approximate surface area is 189 Å². The van der Waals surface area contributed by atoms with Crippen molar-refractivity contribution < 1.29 is 35.1 Å². The highest BCUT2D eigenvalue weighted by molar-refractivity contribution is 5.66. The van der Waals surface area contributed by atoms with Gasteiger partial charge in [-0.15, -0.1) is 0 Å². The van der Waals surface area contributed by atoms with Gasteiger partial charge in [-0.25, -0.2) is 35.1 Å². The molecule has 0 aliphatic carbocycles. The first-order valence-electron chi connectivity index (χ1n) is 11.0. The van der Waals surface area contributed by atoms with Gasteiger partial charge in [-0.05, 0) is 38.1 Å². The van der Waals surface area contributed by atoms with Gasteiger partial charge in [0, 0.05) is 5.56 Å². The van der Waals surface area contributed by atoms with Crippen LogP contribution in [0.25, 0.3) is 11.1 Å². The zero-order chi connectivity index (χ0) is 25.0. The second kappa shape index (κ2) is 14.9. The number of nitrogens with one attached hydrogen (secondary N) is 1. The van der Waals surface area contributed by atoms with Crippen LogP contribution in [-0.2, 0) is 0 Å². The first-order chi connectivity index (χ1) is 15.7. The molecule has 0 spiro atoms. The summed E-state index contributed by atoms with van der Waals surface area (Å²) in [7, 11) is 0. The summed E-state index contributed by atoms with van der Waals surface area (Å²) in [6.07, 6.45) is 11.2. The first-order valence-corrected chi connectivity index (χ1v) is 11.0. The Morgan fingerprint density at radius 1 is 0.515 bits per heavy atom. The van der Waals surface area contributed by atoms with Crippen molar-refractivity contribution in [3.63, 3.8) is 0 Å². The maximum Gasteiger partial charge on any atom is 0.200 e. The SMILES string of the molecule is CCCCCCCCCNCCC.Fc1ccc(-c2c(F)c(F)c(F)c(F)c2F)c(F)c1F. The Morgan fingerprint density at radius 2 is 1.03 bits per heavy atom. The molecule has 1 nitrogen and oxygen atoms in total. The third-order valence-corrected chi connectivity index (χ3v) is 4.90. The lowest BCUT2D eigenvalue weighted by Crippen LogP contribution is -2.15. The van der Waals surface area contributed by atoms with Crippen LogP contribution in [0.4, 0.5) is 35.1 Å². The van der Waals surface area contributed by atoms with Crippen molar-refractivity contribution in [1.82, 2.24) is 5.32 Å². The fourth-order valence-corrected chi connectivity index (χ4v) is 3.07. The summed E-state index contributed by atoms with van der Waals surface area (Å²) in [6.45, 7) is 6.91. The molecule has 0 radical (unpaired) electrons. The lowest BCUT2D eigenvalue weighted by molar-refractivity contribution is 0.380. The molecule has 9 heteroatoms. The maximum absolute atomic E-state index is 13.4. The van der Waals surface area contributed by atoms with Gasteiger partial charge in [-0.2, -0.15) is 0 Å². The van der Waals surface area contributed by atoms with E-state index in [1.165, 1.54) is 64.5 Å². The molecule has 2 aromatic carbocycles. The van der Waals surface area contributed by atoms with Crippen LogP contribution in [0.15, 0.2) is 12.1 Å². The molecule has 33 heavy (non-hydrogen) atoms. The van der Waals surface area contributed by atoms with Crippen molar-refractivity contribution in [3.8, 4) is 11.1 Å². The van der Waals surface area contributed by atoms with Gasteiger partial charge in [0.1, 0.15) is 0 Å². The topological polar surface area (TPSA) is 12.0 Å². The molecule has 0 aliphatic rings. The van der Waals surface area contributed by atoms with Crippen molar-refractivity contribution in [2.24, 2.45) is 0 Å². The average molecular weight is 483 g/mol. The van der Waals surface area contributed by atoms with E-state index in [0.29, 0.717) is 12.1 Å². The lowest BCUT2D eigenvalue weighted by atomic mass is 10.0. The van der Waals surface area contributed by atoms with Gasteiger partial charge < -0.3 is 5.32 Å². The van der Waals surface area contributed by atoms with Crippen LogP contribution in [-0.4, -0.2) is 13.1 Å². The molecular formula is C24H29F8N. The van der Waals surface area contributed by atoms with E-state index >= 15 is 0 Å². The quantitative estimate of drug-likeness (QED) is 0.147. The molecule has 0 atom stereocenters. The molecule has 0 aliphatic heterocycles. The smallest absolute Gasteiger partial charge is 0.200 e. The molecule has 0 heterocycles. The Morgan fingerprint density at radius 3 is 1.58 bits per heavy atom. The largest absolute Gasteiger partial charge is 0.317 e. The van der Waals surface area contributed by atoms with Crippen molar-refractivity contribution >= 4 is 0 Å². The van der Waals surface area contributed by atoms with Crippen LogP contribution in [0, 0.1) is 46.5 Å². The summed E-state index contributed by atoms with van der Waals surface area (Å²) < 4.78 is 105. The number of unbranched alkanes of at least 4 members (excludes halogenated alkanes) is 6. The molecule has 2 rings (SSSR count). The molecule has 186 valence electrons. The van der Waals surface area contributed by atoms with Crippen molar-refractivity contribution in [2.45, 2.75) is 65.2 Å². The summed E-state index contributed by atoms with van der Waals surface area (Å²) in [5, 5.41) is 3.44. The third kappa shape index (κ3) is 8.28. The van der Waals surface area contributed by atoms with Gasteiger partial charge in [0.05, 0.1) is 5.56 Å². The Bertz CT molecular complexity index is 846. The van der Waals surface area contributed by atoms with E-state index in [4.69, 9.17) is 0 Å². The van der Waals surface area contributed by atoms with Gasteiger partial charge >= 0.3 is 0 Å². The average Bonchev–Trinajstić information content (AvgIpc) is 2.81. The minimum absolute atomic E-state index is 0.297. The molecule has 2 aromatic rings. The molecule has 0 saturated heterocycles. The van der Waals surface area contributed by atoms with Crippen LogP contribution >= 0.6 is 0 Å². The van der Waals surface area contributed by atoms with Gasteiger partial charge in [0.25, 0.3) is 0 Å². The zero-order valence-electron chi connectivity index (χ0n) is 18.7. The third-order valence-electron chi connectivity index (χ3n) is 4.90. The summed E-state index contributed by atoms with van der Waals surface area (Å²) in [4.78, 5) is 0. The molecule has 1 N–H and O–H groups in total. The normalized spacial score (nSPS) is 10.8. The Balaban J connectivity index is 0.000000366. The standard InChI is InChI=1S/C12H2F8.C12H27N/c13-4-2-1-3(6(14)7(4)15)5-8(16)10(18)12(20)11(19)9(5)17;1-3-5-6-7-8-9-10-12-13-11-4-2/h1-2H;13H,3-12H2,1-2H3. The van der Waals surface area contributed by atoms with Crippen molar-refractivity contribution in [2.75, 3.05) is 13.1 Å². The monoisotopic (exact) mass is 483 g/mol. The molecule has 0 amide bonds. The number of halogens is 8. The van der Waals surface area contributed by atoms with E-state index in [1.54, 1.807) is 0 Å². The Kier molecular flexibility index (Phi) is 13.0. The van der Waals surface area contributed by atoms with E-state index < -0.39 is 57.7 Å². The zero-order valence-corrected chi connectivity index (χ0v) is 18.7. The van der Waals surface area contributed by atoms with E-state index in [-0.39, 0.29) is 0 Å². The van der Waals surface area contributed by atoms with E-state index in [1.807, 2.05) is 0 Å². The molecular weight excluding hydrogens is 454 g/mol.